The van der Waals surface area contributed by atoms with Crippen molar-refractivity contribution in [2.45, 2.75) is 18.3 Å². The third-order valence-electron chi connectivity index (χ3n) is 13.7. The van der Waals surface area contributed by atoms with Crippen LogP contribution in [0, 0.1) is 0 Å². The average molecular weight is 777 g/mol. The summed E-state index contributed by atoms with van der Waals surface area (Å²) in [5.74, 6) is 0. The predicted molar refractivity (Wildman–Crippen MR) is 255 cm³/mol. The van der Waals surface area contributed by atoms with Crippen LogP contribution in [0.25, 0.3) is 66.1 Å². The highest BCUT2D eigenvalue weighted by Gasteiger charge is 2.53. The first kappa shape index (κ1) is 34.2. The lowest BCUT2D eigenvalue weighted by Crippen LogP contribution is -2.28. The summed E-state index contributed by atoms with van der Waals surface area (Å²) < 4.78 is 2.43. The van der Waals surface area contributed by atoms with E-state index in [0.29, 0.717) is 0 Å². The van der Waals surface area contributed by atoms with Crippen LogP contribution < -0.4 is 4.90 Å². The quantitative estimate of drug-likeness (QED) is 0.169. The van der Waals surface area contributed by atoms with Gasteiger partial charge in [0.25, 0.3) is 0 Å². The van der Waals surface area contributed by atoms with Gasteiger partial charge in [-0.3, -0.25) is 0 Å². The van der Waals surface area contributed by atoms with E-state index in [4.69, 9.17) is 0 Å². The standard InChI is InChI=1S/C59H40N2/c1-2-17-43(18-3-1)61-55-27-13-9-21-48(55)49-36-35-45(38-57(49)61)60(44-33-31-40(32-34-44)42-30-29-39-15-4-5-16-41(39)37-42)56-28-14-26-54-58(56)50-22-8-12-25-53(50)59(54)51-23-10-6-19-46(51)47-20-7-11-24-52(47)59/h1-13,15-25,27-38H,14,26H2. The zero-order valence-corrected chi connectivity index (χ0v) is 33.6. The van der Waals surface area contributed by atoms with Crippen molar-refractivity contribution in [2.24, 2.45) is 0 Å². The molecule has 0 bridgehead atoms. The molecular formula is C59H40N2. The second-order valence-corrected chi connectivity index (χ2v) is 16.7. The first-order valence-electron chi connectivity index (χ1n) is 21.5. The Kier molecular flexibility index (Phi) is 7.38. The Bertz CT molecular complexity index is 3430. The highest BCUT2D eigenvalue weighted by molar-refractivity contribution is 6.11. The fourth-order valence-corrected chi connectivity index (χ4v) is 11.2. The van der Waals surface area contributed by atoms with Crippen molar-refractivity contribution in [1.82, 2.24) is 4.57 Å². The average Bonchev–Trinajstić information content (AvgIpc) is 3.94. The molecule has 0 aliphatic heterocycles. The minimum absolute atomic E-state index is 0.353. The normalized spacial score (nSPS) is 14.6. The van der Waals surface area contributed by atoms with E-state index in [1.807, 2.05) is 0 Å². The SMILES string of the molecule is C1=C(N(c2ccc(-c3ccc4ccccc4c3)cc2)c2ccc3c4ccccc4n(-c4ccccc4)c3c2)C2=C(CC1)C1(c3ccccc32)c2ccccc2-c2ccccc21. The molecule has 2 heteroatoms. The topological polar surface area (TPSA) is 8.17 Å². The summed E-state index contributed by atoms with van der Waals surface area (Å²) in [7, 11) is 0. The molecule has 1 heterocycles. The van der Waals surface area contributed by atoms with E-state index in [1.165, 1.54) is 93.9 Å². The minimum Gasteiger partial charge on any atom is -0.310 e. The zero-order chi connectivity index (χ0) is 40.1. The molecule has 3 aliphatic carbocycles. The predicted octanol–water partition coefficient (Wildman–Crippen LogP) is 15.2. The molecule has 1 aromatic heterocycles. The maximum atomic E-state index is 2.55. The number of fused-ring (bicyclic) bond motifs is 13. The molecule has 1 spiro atoms. The fraction of sp³-hybridized carbons (Fsp3) is 0.0508. The number of hydrogen-bond acceptors (Lipinski definition) is 1. The Balaban J connectivity index is 1.06. The highest BCUT2D eigenvalue weighted by atomic mass is 15.2. The number of anilines is 2. The second-order valence-electron chi connectivity index (χ2n) is 16.7. The van der Waals surface area contributed by atoms with Crippen LogP contribution in [0.4, 0.5) is 11.4 Å². The van der Waals surface area contributed by atoms with Crippen LogP contribution in [0.1, 0.15) is 35.1 Å². The van der Waals surface area contributed by atoms with Gasteiger partial charge >= 0.3 is 0 Å². The van der Waals surface area contributed by atoms with Gasteiger partial charge in [0.05, 0.1) is 22.1 Å². The molecule has 0 amide bonds. The van der Waals surface area contributed by atoms with Gasteiger partial charge < -0.3 is 9.47 Å². The molecule has 0 fully saturated rings. The van der Waals surface area contributed by atoms with Crippen LogP contribution in [-0.2, 0) is 5.41 Å². The molecule has 0 saturated carbocycles. The lowest BCUT2D eigenvalue weighted by atomic mass is 9.68. The first-order chi connectivity index (χ1) is 30.3. The van der Waals surface area contributed by atoms with Gasteiger partial charge in [-0.25, -0.2) is 0 Å². The summed E-state index contributed by atoms with van der Waals surface area (Å²) in [6.45, 7) is 0. The Morgan fingerprint density at radius 1 is 0.426 bits per heavy atom. The summed E-state index contributed by atoms with van der Waals surface area (Å²) in [5.41, 5.74) is 20.2. The van der Waals surface area contributed by atoms with Crippen LogP contribution in [-0.4, -0.2) is 4.57 Å². The molecule has 0 unspecified atom stereocenters. The summed E-state index contributed by atoms with van der Waals surface area (Å²) in [6, 6.07) is 78.9. The van der Waals surface area contributed by atoms with Gasteiger partial charge in [0.2, 0.25) is 0 Å². The smallest absolute Gasteiger partial charge is 0.0689 e. The van der Waals surface area contributed by atoms with Gasteiger partial charge in [0.15, 0.2) is 0 Å². The van der Waals surface area contributed by atoms with Gasteiger partial charge in [0.1, 0.15) is 0 Å². The maximum Gasteiger partial charge on any atom is 0.0689 e. The van der Waals surface area contributed by atoms with E-state index in [9.17, 15) is 0 Å². The van der Waals surface area contributed by atoms with Crippen molar-refractivity contribution in [1.29, 1.82) is 0 Å². The molecule has 0 N–H and O–H groups in total. The fourth-order valence-electron chi connectivity index (χ4n) is 11.2. The van der Waals surface area contributed by atoms with Crippen LogP contribution in [0.2, 0.25) is 0 Å². The van der Waals surface area contributed by atoms with Crippen molar-refractivity contribution in [2.75, 3.05) is 4.90 Å². The number of allylic oxidation sites excluding steroid dienone is 3. The molecule has 2 nitrogen and oxygen atoms in total. The first-order valence-corrected chi connectivity index (χ1v) is 21.5. The number of rotatable bonds is 5. The van der Waals surface area contributed by atoms with Crippen molar-refractivity contribution in [3.05, 3.63) is 252 Å². The van der Waals surface area contributed by atoms with Crippen molar-refractivity contribution in [3.8, 4) is 27.9 Å². The van der Waals surface area contributed by atoms with E-state index < -0.39 is 0 Å². The van der Waals surface area contributed by atoms with Crippen LogP contribution in [0.3, 0.4) is 0 Å². The van der Waals surface area contributed by atoms with Gasteiger partial charge in [-0.2, -0.15) is 0 Å². The third-order valence-corrected chi connectivity index (χ3v) is 13.7. The van der Waals surface area contributed by atoms with E-state index in [2.05, 4.69) is 228 Å². The molecular weight excluding hydrogens is 737 g/mol. The van der Waals surface area contributed by atoms with Gasteiger partial charge in [-0.15, -0.1) is 0 Å². The molecule has 286 valence electrons. The summed E-state index contributed by atoms with van der Waals surface area (Å²) >= 11 is 0. The van der Waals surface area contributed by atoms with Crippen molar-refractivity contribution < 1.29 is 0 Å². The Morgan fingerprint density at radius 2 is 1.02 bits per heavy atom. The molecule has 9 aromatic carbocycles. The van der Waals surface area contributed by atoms with Crippen LogP contribution >= 0.6 is 0 Å². The summed E-state index contributed by atoms with van der Waals surface area (Å²) in [4.78, 5) is 2.55. The number of aromatic nitrogens is 1. The van der Waals surface area contributed by atoms with Gasteiger partial charge in [0, 0.05) is 33.4 Å². The van der Waals surface area contributed by atoms with E-state index in [1.54, 1.807) is 0 Å². The number of nitrogens with zero attached hydrogens (tertiary/aromatic N) is 2. The second kappa shape index (κ2) is 13.2. The molecule has 13 rings (SSSR count). The number of hydrogen-bond donors (Lipinski definition) is 0. The van der Waals surface area contributed by atoms with Gasteiger partial charge in [-0.1, -0.05) is 170 Å². The third kappa shape index (κ3) is 4.85. The van der Waals surface area contributed by atoms with E-state index >= 15 is 0 Å². The Labute approximate surface area is 355 Å². The van der Waals surface area contributed by atoms with E-state index in [-0.39, 0.29) is 5.41 Å². The van der Waals surface area contributed by atoms with E-state index in [0.717, 1.165) is 29.9 Å². The van der Waals surface area contributed by atoms with Crippen LogP contribution in [0.5, 0.6) is 0 Å². The molecule has 0 radical (unpaired) electrons. The van der Waals surface area contributed by atoms with Crippen molar-refractivity contribution in [3.63, 3.8) is 0 Å². The molecule has 10 aromatic rings. The van der Waals surface area contributed by atoms with Gasteiger partial charge in [-0.05, 0) is 122 Å². The number of para-hydroxylation sites is 2. The summed E-state index contributed by atoms with van der Waals surface area (Å²) in [5, 5.41) is 5.01. The summed E-state index contributed by atoms with van der Waals surface area (Å²) in [6.07, 6.45) is 4.45. The molecule has 3 aliphatic rings. The molecule has 0 saturated heterocycles. The minimum atomic E-state index is -0.353. The van der Waals surface area contributed by atoms with Crippen molar-refractivity contribution >= 4 is 49.5 Å². The Hall–Kier alpha value is -7.68. The largest absolute Gasteiger partial charge is 0.310 e. The van der Waals surface area contributed by atoms with Crippen LogP contribution in [0.15, 0.2) is 230 Å². The lowest BCUT2D eigenvalue weighted by molar-refractivity contribution is 0.711. The Morgan fingerprint density at radius 3 is 1.79 bits per heavy atom. The highest BCUT2D eigenvalue weighted by Crippen LogP contribution is 2.65. The lowest BCUT2D eigenvalue weighted by Gasteiger charge is -2.36. The monoisotopic (exact) mass is 776 g/mol. The number of benzene rings is 9. The molecule has 0 atom stereocenters. The zero-order valence-electron chi connectivity index (χ0n) is 33.6. The maximum absolute atomic E-state index is 2.55. The molecule has 61 heavy (non-hydrogen) atoms.